The number of nitrogens with zero attached hydrogens (tertiary/aromatic N) is 4. The summed E-state index contributed by atoms with van der Waals surface area (Å²) in [5, 5.41) is 9.78. The second kappa shape index (κ2) is 6.82. The normalized spacial score (nSPS) is 15.1. The number of fused-ring (bicyclic) bond motifs is 1. The van der Waals surface area contributed by atoms with Crippen LogP contribution >= 0.6 is 0 Å². The SMILES string of the molecule is Cc1nc(N)nc2c1cc(C(=O)Nc1ccn[nH]1)c(=O)n2C1CCCCC1. The molecule has 0 aliphatic heterocycles. The number of nitrogens with one attached hydrogen (secondary N) is 2. The molecule has 0 aromatic carbocycles. The number of hydrogen-bond acceptors (Lipinski definition) is 6. The number of pyridine rings is 1. The molecule has 3 aromatic heterocycles. The van der Waals surface area contributed by atoms with Crippen LogP contribution < -0.4 is 16.6 Å². The van der Waals surface area contributed by atoms with E-state index in [4.69, 9.17) is 5.73 Å². The number of hydrogen-bond donors (Lipinski definition) is 3. The zero-order valence-electron chi connectivity index (χ0n) is 15.0. The van der Waals surface area contributed by atoms with Crippen LogP contribution in [0.2, 0.25) is 0 Å². The molecule has 9 nitrogen and oxygen atoms in total. The van der Waals surface area contributed by atoms with Gasteiger partial charge in [0.15, 0.2) is 0 Å². The molecule has 0 spiro atoms. The Morgan fingerprint density at radius 3 is 2.78 bits per heavy atom. The number of aromatic amines is 1. The van der Waals surface area contributed by atoms with Gasteiger partial charge in [-0.1, -0.05) is 19.3 Å². The van der Waals surface area contributed by atoms with Gasteiger partial charge in [-0.15, -0.1) is 0 Å². The van der Waals surface area contributed by atoms with E-state index in [2.05, 4.69) is 25.5 Å². The highest BCUT2D eigenvalue weighted by Gasteiger charge is 2.24. The molecule has 0 radical (unpaired) electrons. The van der Waals surface area contributed by atoms with Crippen molar-refractivity contribution in [2.24, 2.45) is 0 Å². The number of nitrogen functional groups attached to an aromatic ring is 1. The van der Waals surface area contributed by atoms with Crippen molar-refractivity contribution in [3.63, 3.8) is 0 Å². The van der Waals surface area contributed by atoms with Crippen LogP contribution in [0.4, 0.5) is 11.8 Å². The highest BCUT2D eigenvalue weighted by Crippen LogP contribution is 2.30. The third-order valence-electron chi connectivity index (χ3n) is 5.03. The molecule has 27 heavy (non-hydrogen) atoms. The molecule has 0 atom stereocenters. The van der Waals surface area contributed by atoms with Crippen molar-refractivity contribution in [3.05, 3.63) is 39.9 Å². The number of carbonyl (C=O) groups is 1. The second-order valence-corrected chi connectivity index (χ2v) is 6.85. The molecule has 140 valence electrons. The lowest BCUT2D eigenvalue weighted by Gasteiger charge is -2.25. The molecule has 0 unspecified atom stereocenters. The van der Waals surface area contributed by atoms with Gasteiger partial charge in [0.2, 0.25) is 5.95 Å². The molecular weight excluding hydrogens is 346 g/mol. The predicted octanol–water partition coefficient (Wildman–Crippen LogP) is 2.16. The van der Waals surface area contributed by atoms with E-state index in [0.717, 1.165) is 32.1 Å². The number of aromatic nitrogens is 5. The van der Waals surface area contributed by atoms with Crippen molar-refractivity contribution < 1.29 is 4.79 Å². The minimum Gasteiger partial charge on any atom is -0.368 e. The lowest BCUT2D eigenvalue weighted by molar-refractivity contribution is 0.102. The van der Waals surface area contributed by atoms with Gasteiger partial charge in [0.05, 0.1) is 11.9 Å². The third-order valence-corrected chi connectivity index (χ3v) is 5.03. The number of H-pyrrole nitrogens is 1. The van der Waals surface area contributed by atoms with E-state index in [1.165, 1.54) is 6.20 Å². The Labute approximate surface area is 155 Å². The quantitative estimate of drug-likeness (QED) is 0.650. The average molecular weight is 367 g/mol. The van der Waals surface area contributed by atoms with Crippen LogP contribution in [0.15, 0.2) is 23.1 Å². The van der Waals surface area contributed by atoms with Crippen LogP contribution in [-0.4, -0.2) is 30.6 Å². The van der Waals surface area contributed by atoms with Gasteiger partial charge in [0.25, 0.3) is 11.5 Å². The van der Waals surface area contributed by atoms with Crippen LogP contribution in [-0.2, 0) is 0 Å². The number of rotatable bonds is 3. The maximum absolute atomic E-state index is 13.2. The zero-order chi connectivity index (χ0) is 19.0. The highest BCUT2D eigenvalue weighted by molar-refractivity contribution is 6.05. The minimum atomic E-state index is -0.494. The van der Waals surface area contributed by atoms with Gasteiger partial charge in [-0.2, -0.15) is 10.1 Å². The largest absolute Gasteiger partial charge is 0.368 e. The Morgan fingerprint density at radius 1 is 1.30 bits per heavy atom. The lowest BCUT2D eigenvalue weighted by Crippen LogP contribution is -2.33. The van der Waals surface area contributed by atoms with Gasteiger partial charge in [-0.3, -0.25) is 19.3 Å². The Bertz CT molecular complexity index is 1050. The van der Waals surface area contributed by atoms with Crippen LogP contribution in [0, 0.1) is 6.92 Å². The predicted molar refractivity (Wildman–Crippen MR) is 102 cm³/mol. The number of carbonyl (C=O) groups excluding carboxylic acids is 1. The standard InChI is InChI=1S/C18H21N7O2/c1-10-12-9-13(16(26)22-14-7-8-20-24-14)17(27)25(11-5-3-2-4-6-11)15(12)23-18(19)21-10/h7-9,11H,2-6H2,1H3,(H2,19,21,23)(H2,20,22,24,26). The van der Waals surface area contributed by atoms with E-state index in [1.807, 2.05) is 0 Å². The van der Waals surface area contributed by atoms with Crippen molar-refractivity contribution in [3.8, 4) is 0 Å². The van der Waals surface area contributed by atoms with Crippen LogP contribution in [0.5, 0.6) is 0 Å². The zero-order valence-corrected chi connectivity index (χ0v) is 15.0. The second-order valence-electron chi connectivity index (χ2n) is 6.85. The molecule has 4 N–H and O–H groups in total. The fraction of sp³-hybridized carbons (Fsp3) is 0.389. The maximum atomic E-state index is 13.2. The first-order valence-corrected chi connectivity index (χ1v) is 9.04. The van der Waals surface area contributed by atoms with E-state index >= 15 is 0 Å². The topological polar surface area (TPSA) is 132 Å². The van der Waals surface area contributed by atoms with Crippen molar-refractivity contribution in [1.82, 2.24) is 24.7 Å². The minimum absolute atomic E-state index is 0.00218. The molecule has 3 heterocycles. The Hall–Kier alpha value is -3.23. The number of nitrogens with two attached hydrogens (primary N) is 1. The summed E-state index contributed by atoms with van der Waals surface area (Å²) in [6, 6.07) is 3.17. The van der Waals surface area contributed by atoms with E-state index in [9.17, 15) is 9.59 Å². The summed E-state index contributed by atoms with van der Waals surface area (Å²) in [4.78, 5) is 34.5. The summed E-state index contributed by atoms with van der Waals surface area (Å²) in [5.41, 5.74) is 6.66. The first kappa shape index (κ1) is 17.2. The summed E-state index contributed by atoms with van der Waals surface area (Å²) in [7, 11) is 0. The van der Waals surface area contributed by atoms with Crippen molar-refractivity contribution >= 4 is 28.7 Å². The molecule has 1 amide bonds. The highest BCUT2D eigenvalue weighted by atomic mass is 16.2. The van der Waals surface area contributed by atoms with E-state index in [0.29, 0.717) is 22.5 Å². The monoisotopic (exact) mass is 367 g/mol. The number of amides is 1. The first-order valence-electron chi connectivity index (χ1n) is 9.04. The smallest absolute Gasteiger partial charge is 0.265 e. The Kier molecular flexibility index (Phi) is 4.35. The molecule has 0 saturated heterocycles. The van der Waals surface area contributed by atoms with Gasteiger partial charge in [0, 0.05) is 17.5 Å². The van der Waals surface area contributed by atoms with Crippen LogP contribution in [0.25, 0.3) is 11.0 Å². The summed E-state index contributed by atoms with van der Waals surface area (Å²) < 4.78 is 1.64. The summed E-state index contributed by atoms with van der Waals surface area (Å²) in [5.74, 6) is 0.0551. The molecule has 1 aliphatic carbocycles. The maximum Gasteiger partial charge on any atom is 0.265 e. The summed E-state index contributed by atoms with van der Waals surface area (Å²) in [6.45, 7) is 1.80. The fourth-order valence-corrected chi connectivity index (χ4v) is 3.73. The first-order chi connectivity index (χ1) is 13.0. The van der Waals surface area contributed by atoms with Crippen LogP contribution in [0.3, 0.4) is 0 Å². The van der Waals surface area contributed by atoms with Crippen LogP contribution in [0.1, 0.15) is 54.2 Å². The van der Waals surface area contributed by atoms with E-state index in [-0.39, 0.29) is 23.1 Å². The van der Waals surface area contributed by atoms with Crippen molar-refractivity contribution in [1.29, 1.82) is 0 Å². The molecule has 1 fully saturated rings. The van der Waals surface area contributed by atoms with Gasteiger partial charge >= 0.3 is 0 Å². The van der Waals surface area contributed by atoms with Crippen molar-refractivity contribution in [2.75, 3.05) is 11.1 Å². The molecule has 0 bridgehead atoms. The summed E-state index contributed by atoms with van der Waals surface area (Å²) in [6.07, 6.45) is 6.52. The van der Waals surface area contributed by atoms with E-state index in [1.54, 1.807) is 23.6 Å². The molecule has 9 heteroatoms. The van der Waals surface area contributed by atoms with E-state index < -0.39 is 5.91 Å². The third kappa shape index (κ3) is 3.16. The molecule has 1 saturated carbocycles. The van der Waals surface area contributed by atoms with Gasteiger partial charge in [0.1, 0.15) is 17.0 Å². The Balaban J connectivity index is 1.90. The summed E-state index contributed by atoms with van der Waals surface area (Å²) >= 11 is 0. The molecular formula is C18H21N7O2. The van der Waals surface area contributed by atoms with Gasteiger partial charge < -0.3 is 11.1 Å². The molecule has 1 aliphatic rings. The fourth-order valence-electron chi connectivity index (χ4n) is 3.73. The molecule has 3 aromatic rings. The van der Waals surface area contributed by atoms with Crippen molar-refractivity contribution in [2.45, 2.75) is 45.1 Å². The van der Waals surface area contributed by atoms with Gasteiger partial charge in [-0.25, -0.2) is 4.98 Å². The van der Waals surface area contributed by atoms with Gasteiger partial charge in [-0.05, 0) is 25.8 Å². The number of anilines is 2. The average Bonchev–Trinajstić information content (AvgIpc) is 3.15. The Morgan fingerprint density at radius 2 is 2.07 bits per heavy atom. The number of aryl methyl sites for hydroxylation is 1. The molecule has 4 rings (SSSR count). The lowest BCUT2D eigenvalue weighted by atomic mass is 9.94.